The Kier molecular flexibility index (Phi) is 6.46. The van der Waals surface area contributed by atoms with Crippen LogP contribution in [-0.2, 0) is 9.59 Å². The molecule has 0 saturated carbocycles. The second-order valence-electron chi connectivity index (χ2n) is 3.93. The van der Waals surface area contributed by atoms with Crippen LogP contribution in [0.1, 0.15) is 46.0 Å². The molecule has 1 amide bonds. The second kappa shape index (κ2) is 7.04. The molecule has 16 heavy (non-hydrogen) atoms. The van der Waals surface area contributed by atoms with Crippen LogP contribution in [0.25, 0.3) is 0 Å². The average Bonchev–Trinajstić information content (AvgIpc) is 2.24. The molecule has 0 bridgehead atoms. The molecule has 4 nitrogen and oxygen atoms in total. The molecule has 0 aromatic heterocycles. The lowest BCUT2D eigenvalue weighted by Crippen LogP contribution is -2.49. The van der Waals surface area contributed by atoms with Crippen molar-refractivity contribution < 1.29 is 14.7 Å². The molecule has 0 aromatic rings. The molecule has 0 heterocycles. The fourth-order valence-electron chi connectivity index (χ4n) is 1.60. The highest BCUT2D eigenvalue weighted by Crippen LogP contribution is 2.20. The van der Waals surface area contributed by atoms with Crippen LogP contribution in [0.4, 0.5) is 0 Å². The summed E-state index contributed by atoms with van der Waals surface area (Å²) in [5.74, 6) is -0.988. The third kappa shape index (κ3) is 4.96. The van der Waals surface area contributed by atoms with E-state index in [1.165, 1.54) is 0 Å². The number of carbonyl (C=O) groups excluding carboxylic acids is 1. The van der Waals surface area contributed by atoms with Gasteiger partial charge < -0.3 is 10.4 Å². The largest absolute Gasteiger partial charge is 0.481 e. The molecular weight excluding hydrogens is 206 g/mol. The van der Waals surface area contributed by atoms with E-state index in [-0.39, 0.29) is 12.3 Å². The second-order valence-corrected chi connectivity index (χ2v) is 3.93. The van der Waals surface area contributed by atoms with E-state index in [2.05, 4.69) is 11.9 Å². The van der Waals surface area contributed by atoms with E-state index in [1.54, 1.807) is 6.08 Å². The van der Waals surface area contributed by atoms with Crippen molar-refractivity contribution in [2.45, 2.75) is 51.5 Å². The van der Waals surface area contributed by atoms with Gasteiger partial charge in [-0.25, -0.2) is 0 Å². The van der Waals surface area contributed by atoms with Gasteiger partial charge in [0.05, 0.1) is 6.42 Å². The Balaban J connectivity index is 4.46. The predicted octanol–water partition coefficient (Wildman–Crippen LogP) is 2.10. The highest BCUT2D eigenvalue weighted by atomic mass is 16.4. The molecule has 92 valence electrons. The number of carboxylic acids is 1. The van der Waals surface area contributed by atoms with Crippen LogP contribution < -0.4 is 5.32 Å². The van der Waals surface area contributed by atoms with Gasteiger partial charge in [-0.3, -0.25) is 9.59 Å². The Morgan fingerprint density at radius 2 is 1.94 bits per heavy atom. The minimum Gasteiger partial charge on any atom is -0.481 e. The van der Waals surface area contributed by atoms with Crippen molar-refractivity contribution in [1.29, 1.82) is 0 Å². The molecule has 0 radical (unpaired) electrons. The van der Waals surface area contributed by atoms with Crippen molar-refractivity contribution in [3.05, 3.63) is 12.7 Å². The smallest absolute Gasteiger partial charge is 0.305 e. The first-order chi connectivity index (χ1) is 7.49. The van der Waals surface area contributed by atoms with E-state index in [1.807, 2.05) is 13.8 Å². The molecule has 0 atom stereocenters. The molecule has 0 aliphatic carbocycles. The van der Waals surface area contributed by atoms with E-state index >= 15 is 0 Å². The van der Waals surface area contributed by atoms with Gasteiger partial charge in [0.1, 0.15) is 0 Å². The zero-order valence-corrected chi connectivity index (χ0v) is 10.1. The molecule has 2 N–H and O–H groups in total. The summed E-state index contributed by atoms with van der Waals surface area (Å²) in [5, 5.41) is 11.7. The number of hydrogen-bond acceptors (Lipinski definition) is 2. The fraction of sp³-hybridized carbons (Fsp3) is 0.667. The third-order valence-corrected chi connectivity index (χ3v) is 2.82. The van der Waals surface area contributed by atoms with Crippen molar-refractivity contribution in [2.24, 2.45) is 0 Å². The molecule has 0 rings (SSSR count). The SMILES string of the molecule is C=CCCC(=O)NC(CC)(CC)CC(=O)O. The maximum atomic E-state index is 11.6. The summed E-state index contributed by atoms with van der Waals surface area (Å²) in [5.41, 5.74) is -0.607. The van der Waals surface area contributed by atoms with E-state index in [4.69, 9.17) is 5.11 Å². The number of carbonyl (C=O) groups is 2. The van der Waals surface area contributed by atoms with Crippen molar-refractivity contribution in [1.82, 2.24) is 5.32 Å². The van der Waals surface area contributed by atoms with Crippen molar-refractivity contribution in [2.75, 3.05) is 0 Å². The number of amides is 1. The van der Waals surface area contributed by atoms with Crippen LogP contribution in [0, 0.1) is 0 Å². The Morgan fingerprint density at radius 1 is 1.38 bits per heavy atom. The highest BCUT2D eigenvalue weighted by Gasteiger charge is 2.30. The lowest BCUT2D eigenvalue weighted by Gasteiger charge is -2.31. The first-order valence-corrected chi connectivity index (χ1v) is 5.63. The minimum absolute atomic E-state index is 0.0279. The molecule has 4 heteroatoms. The minimum atomic E-state index is -0.882. The van der Waals surface area contributed by atoms with E-state index < -0.39 is 11.5 Å². The molecule has 0 unspecified atom stereocenters. The number of hydrogen-bond donors (Lipinski definition) is 2. The number of nitrogens with one attached hydrogen (secondary N) is 1. The Bertz CT molecular complexity index is 257. The summed E-state index contributed by atoms with van der Waals surface area (Å²) in [6.45, 7) is 7.32. The summed E-state index contributed by atoms with van der Waals surface area (Å²) in [6, 6.07) is 0. The van der Waals surface area contributed by atoms with E-state index in [9.17, 15) is 9.59 Å². The van der Waals surface area contributed by atoms with E-state index in [0.29, 0.717) is 25.7 Å². The molecule has 0 aliphatic heterocycles. The van der Waals surface area contributed by atoms with Gasteiger partial charge >= 0.3 is 5.97 Å². The zero-order chi connectivity index (χ0) is 12.6. The van der Waals surface area contributed by atoms with Crippen molar-refractivity contribution >= 4 is 11.9 Å². The van der Waals surface area contributed by atoms with Crippen LogP contribution >= 0.6 is 0 Å². The van der Waals surface area contributed by atoms with Gasteiger partial charge in [0.25, 0.3) is 0 Å². The van der Waals surface area contributed by atoms with Gasteiger partial charge in [0.15, 0.2) is 0 Å². The first-order valence-electron chi connectivity index (χ1n) is 5.63. The summed E-state index contributed by atoms with van der Waals surface area (Å²) in [6.07, 6.45) is 3.87. The van der Waals surface area contributed by atoms with Gasteiger partial charge in [0, 0.05) is 12.0 Å². The maximum Gasteiger partial charge on any atom is 0.305 e. The van der Waals surface area contributed by atoms with Crippen LogP contribution in [0.15, 0.2) is 12.7 Å². The molecule has 0 saturated heterocycles. The zero-order valence-electron chi connectivity index (χ0n) is 10.1. The van der Waals surface area contributed by atoms with Crippen LogP contribution in [0.2, 0.25) is 0 Å². The van der Waals surface area contributed by atoms with Gasteiger partial charge in [-0.05, 0) is 19.3 Å². The van der Waals surface area contributed by atoms with Gasteiger partial charge in [-0.2, -0.15) is 0 Å². The number of aliphatic carboxylic acids is 1. The molecule has 0 fully saturated rings. The van der Waals surface area contributed by atoms with Gasteiger partial charge in [-0.1, -0.05) is 19.9 Å². The fourth-order valence-corrected chi connectivity index (χ4v) is 1.60. The standard InChI is InChI=1S/C12H21NO3/c1-4-7-8-10(14)13-12(5-2,6-3)9-11(15)16/h4H,1,5-9H2,2-3H3,(H,13,14)(H,15,16). The van der Waals surface area contributed by atoms with Crippen LogP contribution in [0.5, 0.6) is 0 Å². The van der Waals surface area contributed by atoms with E-state index in [0.717, 1.165) is 0 Å². The maximum absolute atomic E-state index is 11.6. The summed E-state index contributed by atoms with van der Waals surface area (Å²) < 4.78 is 0. The topological polar surface area (TPSA) is 66.4 Å². The Labute approximate surface area is 96.7 Å². The van der Waals surface area contributed by atoms with Gasteiger partial charge in [0.2, 0.25) is 5.91 Å². The molecule has 0 spiro atoms. The molecular formula is C12H21NO3. The molecule has 0 aromatic carbocycles. The average molecular weight is 227 g/mol. The van der Waals surface area contributed by atoms with Crippen LogP contribution in [0.3, 0.4) is 0 Å². The predicted molar refractivity (Wildman–Crippen MR) is 63.1 cm³/mol. The lowest BCUT2D eigenvalue weighted by molar-refractivity contribution is -0.139. The highest BCUT2D eigenvalue weighted by molar-refractivity contribution is 5.78. The number of carboxylic acid groups (broad SMARTS) is 1. The van der Waals surface area contributed by atoms with Gasteiger partial charge in [-0.15, -0.1) is 6.58 Å². The summed E-state index contributed by atoms with van der Waals surface area (Å²) in [4.78, 5) is 22.3. The summed E-state index contributed by atoms with van der Waals surface area (Å²) >= 11 is 0. The number of rotatable bonds is 8. The summed E-state index contributed by atoms with van der Waals surface area (Å²) in [7, 11) is 0. The Hall–Kier alpha value is -1.32. The number of allylic oxidation sites excluding steroid dienone is 1. The third-order valence-electron chi connectivity index (χ3n) is 2.82. The quantitative estimate of drug-likeness (QED) is 0.624. The lowest BCUT2D eigenvalue weighted by atomic mass is 9.88. The molecule has 0 aliphatic rings. The normalized spacial score (nSPS) is 10.9. The first kappa shape index (κ1) is 14.7. The van der Waals surface area contributed by atoms with Crippen molar-refractivity contribution in [3.8, 4) is 0 Å². The monoisotopic (exact) mass is 227 g/mol. The Morgan fingerprint density at radius 3 is 2.31 bits per heavy atom. The van der Waals surface area contributed by atoms with Crippen molar-refractivity contribution in [3.63, 3.8) is 0 Å². The van der Waals surface area contributed by atoms with Crippen LogP contribution in [-0.4, -0.2) is 22.5 Å².